The molecule has 4 heteroatoms. The Bertz CT molecular complexity index is 421. The standard InChI is InChI=1S/C14H17Br2NO/c1-2-17(13-5-3-4-6-13)14(18)10-7-11(15)9-12(16)8-10/h7-9,13H,2-6H2,1H3. The van der Waals surface area contributed by atoms with Crippen molar-refractivity contribution in [2.45, 2.75) is 38.6 Å². The molecule has 98 valence electrons. The maximum absolute atomic E-state index is 12.6. The zero-order chi connectivity index (χ0) is 13.1. The van der Waals surface area contributed by atoms with Crippen LogP contribution < -0.4 is 0 Å². The fraction of sp³-hybridized carbons (Fsp3) is 0.500. The van der Waals surface area contributed by atoms with Crippen molar-refractivity contribution in [3.63, 3.8) is 0 Å². The predicted octanol–water partition coefficient (Wildman–Crippen LogP) is 4.62. The third kappa shape index (κ3) is 3.15. The summed E-state index contributed by atoms with van der Waals surface area (Å²) in [5.41, 5.74) is 0.755. The van der Waals surface area contributed by atoms with Gasteiger partial charge in [-0.3, -0.25) is 4.79 Å². The van der Waals surface area contributed by atoms with E-state index in [1.54, 1.807) is 0 Å². The number of benzene rings is 1. The average Bonchev–Trinajstić information content (AvgIpc) is 2.82. The molecule has 0 saturated heterocycles. The molecular weight excluding hydrogens is 358 g/mol. The molecule has 0 heterocycles. The highest BCUT2D eigenvalue weighted by atomic mass is 79.9. The lowest BCUT2D eigenvalue weighted by atomic mass is 10.1. The number of halogens is 2. The lowest BCUT2D eigenvalue weighted by Crippen LogP contribution is -2.38. The maximum Gasteiger partial charge on any atom is 0.254 e. The number of hydrogen-bond donors (Lipinski definition) is 0. The van der Waals surface area contributed by atoms with Crippen LogP contribution in [-0.2, 0) is 0 Å². The third-order valence-electron chi connectivity index (χ3n) is 3.48. The molecule has 2 rings (SSSR count). The molecule has 1 amide bonds. The lowest BCUT2D eigenvalue weighted by Gasteiger charge is -2.27. The van der Waals surface area contributed by atoms with Crippen molar-refractivity contribution < 1.29 is 4.79 Å². The molecule has 0 aliphatic heterocycles. The van der Waals surface area contributed by atoms with Gasteiger partial charge in [0.05, 0.1) is 0 Å². The predicted molar refractivity (Wildman–Crippen MR) is 80.8 cm³/mol. The fourth-order valence-corrected chi connectivity index (χ4v) is 3.92. The average molecular weight is 375 g/mol. The Labute approximate surface area is 125 Å². The Morgan fingerprint density at radius 1 is 1.22 bits per heavy atom. The van der Waals surface area contributed by atoms with E-state index in [4.69, 9.17) is 0 Å². The minimum Gasteiger partial charge on any atom is -0.336 e. The van der Waals surface area contributed by atoms with E-state index in [0.29, 0.717) is 6.04 Å². The molecule has 0 radical (unpaired) electrons. The maximum atomic E-state index is 12.6. The number of hydrogen-bond acceptors (Lipinski definition) is 1. The van der Waals surface area contributed by atoms with Crippen molar-refractivity contribution in [2.75, 3.05) is 6.54 Å². The van der Waals surface area contributed by atoms with Crippen LogP contribution in [0.15, 0.2) is 27.1 Å². The van der Waals surface area contributed by atoms with E-state index in [2.05, 4.69) is 38.8 Å². The first kappa shape index (κ1) is 14.1. The molecule has 0 aromatic heterocycles. The minimum atomic E-state index is 0.145. The van der Waals surface area contributed by atoms with Gasteiger partial charge in [0, 0.05) is 27.1 Å². The first-order valence-corrected chi connectivity index (χ1v) is 7.97. The van der Waals surface area contributed by atoms with Gasteiger partial charge >= 0.3 is 0 Å². The normalized spacial score (nSPS) is 15.9. The van der Waals surface area contributed by atoms with Crippen LogP contribution in [0.4, 0.5) is 0 Å². The molecular formula is C14H17Br2NO. The SMILES string of the molecule is CCN(C(=O)c1cc(Br)cc(Br)c1)C1CCCC1. The van der Waals surface area contributed by atoms with E-state index in [1.165, 1.54) is 12.8 Å². The quantitative estimate of drug-likeness (QED) is 0.756. The van der Waals surface area contributed by atoms with Gasteiger partial charge in [0.25, 0.3) is 5.91 Å². The molecule has 0 spiro atoms. The summed E-state index contributed by atoms with van der Waals surface area (Å²) in [5.74, 6) is 0.145. The van der Waals surface area contributed by atoms with E-state index in [1.807, 2.05) is 23.1 Å². The summed E-state index contributed by atoms with van der Waals surface area (Å²) in [7, 11) is 0. The zero-order valence-corrected chi connectivity index (χ0v) is 13.6. The summed E-state index contributed by atoms with van der Waals surface area (Å²) >= 11 is 6.87. The number of carbonyl (C=O) groups excluding carboxylic acids is 1. The molecule has 1 aromatic rings. The van der Waals surface area contributed by atoms with Gasteiger partial charge in [0.15, 0.2) is 0 Å². The third-order valence-corrected chi connectivity index (χ3v) is 4.39. The van der Waals surface area contributed by atoms with Crippen LogP contribution in [0.1, 0.15) is 43.0 Å². The molecule has 0 bridgehead atoms. The van der Waals surface area contributed by atoms with Crippen molar-refractivity contribution >= 4 is 37.8 Å². The van der Waals surface area contributed by atoms with E-state index >= 15 is 0 Å². The Morgan fingerprint density at radius 2 is 1.78 bits per heavy atom. The van der Waals surface area contributed by atoms with E-state index in [0.717, 1.165) is 33.9 Å². The second-order valence-corrected chi connectivity index (χ2v) is 6.52. The second kappa shape index (κ2) is 6.20. The van der Waals surface area contributed by atoms with E-state index in [9.17, 15) is 4.79 Å². The monoisotopic (exact) mass is 373 g/mol. The molecule has 1 saturated carbocycles. The van der Waals surface area contributed by atoms with Crippen molar-refractivity contribution in [3.05, 3.63) is 32.7 Å². The highest BCUT2D eigenvalue weighted by Gasteiger charge is 2.26. The van der Waals surface area contributed by atoms with Crippen LogP contribution in [0.5, 0.6) is 0 Å². The minimum absolute atomic E-state index is 0.145. The van der Waals surface area contributed by atoms with Gasteiger partial charge in [-0.1, -0.05) is 44.7 Å². The first-order chi connectivity index (χ1) is 8.61. The van der Waals surface area contributed by atoms with Crippen LogP contribution in [0.2, 0.25) is 0 Å². The molecule has 0 N–H and O–H groups in total. The van der Waals surface area contributed by atoms with Crippen LogP contribution in [-0.4, -0.2) is 23.4 Å². The molecule has 1 fully saturated rings. The zero-order valence-electron chi connectivity index (χ0n) is 10.5. The van der Waals surface area contributed by atoms with Crippen LogP contribution >= 0.6 is 31.9 Å². The molecule has 1 aliphatic rings. The van der Waals surface area contributed by atoms with E-state index in [-0.39, 0.29) is 5.91 Å². The Kier molecular flexibility index (Phi) is 4.84. The Morgan fingerprint density at radius 3 is 2.28 bits per heavy atom. The van der Waals surface area contributed by atoms with Crippen LogP contribution in [0, 0.1) is 0 Å². The molecule has 0 unspecified atom stereocenters. The molecule has 18 heavy (non-hydrogen) atoms. The summed E-state index contributed by atoms with van der Waals surface area (Å²) in [6, 6.07) is 6.16. The first-order valence-electron chi connectivity index (χ1n) is 6.39. The van der Waals surface area contributed by atoms with Crippen molar-refractivity contribution in [1.82, 2.24) is 4.90 Å². The summed E-state index contributed by atoms with van der Waals surface area (Å²) in [6.45, 7) is 2.84. The second-order valence-electron chi connectivity index (χ2n) is 4.69. The summed E-state index contributed by atoms with van der Waals surface area (Å²) in [6.07, 6.45) is 4.79. The molecule has 0 atom stereocenters. The summed E-state index contributed by atoms with van der Waals surface area (Å²) in [4.78, 5) is 14.6. The molecule has 2 nitrogen and oxygen atoms in total. The van der Waals surface area contributed by atoms with E-state index < -0.39 is 0 Å². The van der Waals surface area contributed by atoms with Gasteiger partial charge in [0.2, 0.25) is 0 Å². The van der Waals surface area contributed by atoms with Gasteiger partial charge in [-0.2, -0.15) is 0 Å². The van der Waals surface area contributed by atoms with Gasteiger partial charge in [-0.25, -0.2) is 0 Å². The van der Waals surface area contributed by atoms with Crippen LogP contribution in [0.3, 0.4) is 0 Å². The molecule has 1 aromatic carbocycles. The smallest absolute Gasteiger partial charge is 0.254 e. The Balaban J connectivity index is 2.22. The van der Waals surface area contributed by atoms with Crippen molar-refractivity contribution in [1.29, 1.82) is 0 Å². The van der Waals surface area contributed by atoms with Crippen LogP contribution in [0.25, 0.3) is 0 Å². The number of rotatable bonds is 3. The number of carbonyl (C=O) groups is 1. The van der Waals surface area contributed by atoms with Crippen molar-refractivity contribution in [2.24, 2.45) is 0 Å². The van der Waals surface area contributed by atoms with Crippen molar-refractivity contribution in [3.8, 4) is 0 Å². The number of amides is 1. The fourth-order valence-electron chi connectivity index (χ4n) is 2.63. The van der Waals surface area contributed by atoms with Gasteiger partial charge in [-0.15, -0.1) is 0 Å². The van der Waals surface area contributed by atoms with Gasteiger partial charge in [-0.05, 0) is 38.0 Å². The van der Waals surface area contributed by atoms with Gasteiger partial charge < -0.3 is 4.90 Å². The summed E-state index contributed by atoms with van der Waals surface area (Å²) < 4.78 is 1.87. The van der Waals surface area contributed by atoms with Gasteiger partial charge in [0.1, 0.15) is 0 Å². The summed E-state index contributed by atoms with van der Waals surface area (Å²) in [5, 5.41) is 0. The Hall–Kier alpha value is -0.350. The largest absolute Gasteiger partial charge is 0.336 e. The molecule has 1 aliphatic carbocycles. The topological polar surface area (TPSA) is 20.3 Å². The number of nitrogens with zero attached hydrogens (tertiary/aromatic N) is 1. The highest BCUT2D eigenvalue weighted by molar-refractivity contribution is 9.11. The highest BCUT2D eigenvalue weighted by Crippen LogP contribution is 2.26. The lowest BCUT2D eigenvalue weighted by molar-refractivity contribution is 0.0693.